The van der Waals surface area contributed by atoms with Gasteiger partial charge in [-0.1, -0.05) is 0 Å². The minimum absolute atomic E-state index is 0.251. The van der Waals surface area contributed by atoms with E-state index in [-0.39, 0.29) is 6.67 Å². The molecule has 0 aromatic carbocycles. The molecule has 1 heterocycles. The molecule has 4 heteroatoms. The van der Waals surface area contributed by atoms with Gasteiger partial charge < -0.3 is 5.11 Å². The molecule has 1 N–H and O–H groups in total. The fraction of sp³-hybridized carbons (Fsp3) is 0.900. The Morgan fingerprint density at radius 3 is 2.57 bits per heavy atom. The van der Waals surface area contributed by atoms with Gasteiger partial charge in [-0.25, -0.2) is 0 Å². The molecule has 0 radical (unpaired) electrons. The van der Waals surface area contributed by atoms with Gasteiger partial charge in [-0.15, -0.1) is 0 Å². The normalized spacial score (nSPS) is 22.1. The molecule has 1 fully saturated rings. The Morgan fingerprint density at radius 1 is 1.57 bits per heavy atom. The summed E-state index contributed by atoms with van der Waals surface area (Å²) < 4.78 is 12.1. The summed E-state index contributed by atoms with van der Waals surface area (Å²) in [5.74, 6) is -0.314. The molecule has 0 unspecified atom stereocenters. The van der Waals surface area contributed by atoms with Crippen LogP contribution < -0.4 is 0 Å². The molecule has 0 amide bonds. The van der Waals surface area contributed by atoms with E-state index in [4.69, 9.17) is 5.11 Å². The van der Waals surface area contributed by atoms with Crippen LogP contribution in [0.1, 0.15) is 26.2 Å². The van der Waals surface area contributed by atoms with Crippen LogP contribution in [0.4, 0.5) is 4.39 Å². The van der Waals surface area contributed by atoms with Crippen LogP contribution >= 0.6 is 0 Å². The number of hydrogen-bond donors (Lipinski definition) is 1. The third-order valence-corrected chi connectivity index (χ3v) is 3.07. The molecular weight excluding hydrogens is 185 g/mol. The van der Waals surface area contributed by atoms with E-state index in [0.717, 1.165) is 25.9 Å². The molecule has 0 bridgehead atoms. The number of hydrogen-bond acceptors (Lipinski definition) is 2. The summed E-state index contributed by atoms with van der Waals surface area (Å²) in [6.45, 7) is 3.03. The lowest BCUT2D eigenvalue weighted by molar-refractivity contribution is -0.143. The highest BCUT2D eigenvalue weighted by atomic mass is 19.1. The van der Waals surface area contributed by atoms with E-state index in [1.165, 1.54) is 0 Å². The largest absolute Gasteiger partial charge is 0.480 e. The van der Waals surface area contributed by atoms with Gasteiger partial charge in [0.2, 0.25) is 0 Å². The van der Waals surface area contributed by atoms with E-state index in [9.17, 15) is 9.18 Å². The van der Waals surface area contributed by atoms with Gasteiger partial charge in [0.25, 0.3) is 0 Å². The SMILES string of the molecule is C[C@H](C(=O)O)N1CCC(CCF)CC1. The second kappa shape index (κ2) is 5.29. The van der Waals surface area contributed by atoms with E-state index in [1.54, 1.807) is 6.92 Å². The minimum atomic E-state index is -0.769. The molecule has 1 saturated heterocycles. The Labute approximate surface area is 83.9 Å². The first-order valence-corrected chi connectivity index (χ1v) is 5.18. The Hall–Kier alpha value is -0.640. The molecule has 1 atom stereocenters. The van der Waals surface area contributed by atoms with Crippen LogP contribution in [-0.4, -0.2) is 41.8 Å². The summed E-state index contributed by atoms with van der Waals surface area (Å²) in [7, 11) is 0. The lowest BCUT2D eigenvalue weighted by Crippen LogP contribution is -2.43. The van der Waals surface area contributed by atoms with Gasteiger partial charge in [-0.2, -0.15) is 0 Å². The van der Waals surface area contributed by atoms with E-state index in [1.807, 2.05) is 4.90 Å². The number of nitrogens with zero attached hydrogens (tertiary/aromatic N) is 1. The van der Waals surface area contributed by atoms with Crippen molar-refractivity contribution in [2.45, 2.75) is 32.2 Å². The zero-order valence-electron chi connectivity index (χ0n) is 8.58. The molecule has 0 aromatic rings. The van der Waals surface area contributed by atoms with Gasteiger partial charge in [0.15, 0.2) is 0 Å². The highest BCUT2D eigenvalue weighted by Crippen LogP contribution is 2.21. The fourth-order valence-electron chi connectivity index (χ4n) is 1.94. The van der Waals surface area contributed by atoms with Crippen molar-refractivity contribution in [2.24, 2.45) is 5.92 Å². The lowest BCUT2D eigenvalue weighted by atomic mass is 9.93. The number of aliphatic carboxylic acids is 1. The lowest BCUT2D eigenvalue weighted by Gasteiger charge is -2.33. The number of halogens is 1. The summed E-state index contributed by atoms with van der Waals surface area (Å²) in [6, 6.07) is -0.402. The summed E-state index contributed by atoms with van der Waals surface area (Å²) in [4.78, 5) is 12.7. The predicted molar refractivity (Wildman–Crippen MR) is 52.0 cm³/mol. The standard InChI is InChI=1S/C10H18FNO2/c1-8(10(13)14)12-6-3-9(2-5-11)4-7-12/h8-9H,2-7H2,1H3,(H,13,14)/t8-/m1/s1. The summed E-state index contributed by atoms with van der Waals surface area (Å²) >= 11 is 0. The van der Waals surface area contributed by atoms with Crippen molar-refractivity contribution in [1.29, 1.82) is 0 Å². The number of carbonyl (C=O) groups is 1. The van der Waals surface area contributed by atoms with Gasteiger partial charge in [-0.05, 0) is 45.2 Å². The Bertz CT molecular complexity index is 191. The second-order valence-electron chi connectivity index (χ2n) is 3.97. The first-order chi connectivity index (χ1) is 6.65. The van der Waals surface area contributed by atoms with Crippen molar-refractivity contribution >= 4 is 5.97 Å². The fourth-order valence-corrected chi connectivity index (χ4v) is 1.94. The van der Waals surface area contributed by atoms with Crippen LogP contribution in [0.3, 0.4) is 0 Å². The Kier molecular flexibility index (Phi) is 4.32. The zero-order chi connectivity index (χ0) is 10.6. The predicted octanol–water partition coefficient (Wildman–Crippen LogP) is 1.53. The van der Waals surface area contributed by atoms with Crippen LogP contribution in [0.25, 0.3) is 0 Å². The van der Waals surface area contributed by atoms with Gasteiger partial charge in [0, 0.05) is 0 Å². The van der Waals surface area contributed by atoms with E-state index >= 15 is 0 Å². The second-order valence-corrected chi connectivity index (χ2v) is 3.97. The number of alkyl halides is 1. The van der Waals surface area contributed by atoms with Crippen LogP contribution in [0.15, 0.2) is 0 Å². The average Bonchev–Trinajstić information content (AvgIpc) is 2.18. The zero-order valence-corrected chi connectivity index (χ0v) is 8.58. The number of piperidine rings is 1. The monoisotopic (exact) mass is 203 g/mol. The van der Waals surface area contributed by atoms with Crippen molar-refractivity contribution in [3.05, 3.63) is 0 Å². The third-order valence-electron chi connectivity index (χ3n) is 3.07. The van der Waals surface area contributed by atoms with Crippen LogP contribution in [0.5, 0.6) is 0 Å². The van der Waals surface area contributed by atoms with Gasteiger partial charge in [0.1, 0.15) is 6.04 Å². The number of rotatable bonds is 4. The van der Waals surface area contributed by atoms with Crippen molar-refractivity contribution in [3.63, 3.8) is 0 Å². The number of carboxylic acids is 1. The molecule has 3 nitrogen and oxygen atoms in total. The van der Waals surface area contributed by atoms with Crippen molar-refractivity contribution in [3.8, 4) is 0 Å². The summed E-state index contributed by atoms with van der Waals surface area (Å²) in [6.07, 6.45) is 2.50. The summed E-state index contributed by atoms with van der Waals surface area (Å²) in [5, 5.41) is 8.80. The Morgan fingerprint density at radius 2 is 2.14 bits per heavy atom. The van der Waals surface area contributed by atoms with E-state index < -0.39 is 12.0 Å². The van der Waals surface area contributed by atoms with Crippen LogP contribution in [0.2, 0.25) is 0 Å². The van der Waals surface area contributed by atoms with Crippen molar-refractivity contribution < 1.29 is 14.3 Å². The first-order valence-electron chi connectivity index (χ1n) is 5.18. The molecule has 14 heavy (non-hydrogen) atoms. The molecule has 1 rings (SSSR count). The third kappa shape index (κ3) is 2.94. The van der Waals surface area contributed by atoms with E-state index in [0.29, 0.717) is 12.3 Å². The smallest absolute Gasteiger partial charge is 0.320 e. The maximum Gasteiger partial charge on any atom is 0.320 e. The van der Waals surface area contributed by atoms with Crippen LogP contribution in [-0.2, 0) is 4.79 Å². The molecule has 0 aliphatic carbocycles. The van der Waals surface area contributed by atoms with E-state index in [2.05, 4.69) is 0 Å². The first kappa shape index (κ1) is 11.4. The molecule has 1 aliphatic rings. The number of carboxylic acid groups (broad SMARTS) is 1. The highest BCUT2D eigenvalue weighted by molar-refractivity contribution is 5.72. The molecule has 1 aliphatic heterocycles. The van der Waals surface area contributed by atoms with Gasteiger partial charge in [-0.3, -0.25) is 14.1 Å². The van der Waals surface area contributed by atoms with Crippen molar-refractivity contribution in [2.75, 3.05) is 19.8 Å². The molecular formula is C10H18FNO2. The van der Waals surface area contributed by atoms with Crippen LogP contribution in [0, 0.1) is 5.92 Å². The summed E-state index contributed by atoms with van der Waals surface area (Å²) in [5.41, 5.74) is 0. The number of likely N-dealkylation sites (tertiary alicyclic amines) is 1. The maximum absolute atomic E-state index is 12.1. The van der Waals surface area contributed by atoms with Gasteiger partial charge >= 0.3 is 5.97 Å². The quantitative estimate of drug-likeness (QED) is 0.753. The van der Waals surface area contributed by atoms with Gasteiger partial charge in [0.05, 0.1) is 6.67 Å². The average molecular weight is 203 g/mol. The molecule has 82 valence electrons. The highest BCUT2D eigenvalue weighted by Gasteiger charge is 2.25. The molecule has 0 spiro atoms. The topological polar surface area (TPSA) is 40.5 Å². The molecule has 0 saturated carbocycles. The Balaban J connectivity index is 2.31. The van der Waals surface area contributed by atoms with Crippen molar-refractivity contribution in [1.82, 2.24) is 4.90 Å². The molecule has 0 aromatic heterocycles. The minimum Gasteiger partial charge on any atom is -0.480 e. The maximum atomic E-state index is 12.1.